The van der Waals surface area contributed by atoms with Crippen molar-refractivity contribution in [1.82, 2.24) is 9.97 Å². The molecule has 0 radical (unpaired) electrons. The third kappa shape index (κ3) is 2.48. The Morgan fingerprint density at radius 1 is 1.27 bits per heavy atom. The lowest BCUT2D eigenvalue weighted by Crippen LogP contribution is -2.03. The van der Waals surface area contributed by atoms with E-state index in [9.17, 15) is 9.90 Å². The smallest absolute Gasteiger partial charge is 0.337 e. The monoisotopic (exact) mass is 294 g/mol. The summed E-state index contributed by atoms with van der Waals surface area (Å²) in [7, 11) is 0. The molecule has 0 aliphatic rings. The summed E-state index contributed by atoms with van der Waals surface area (Å²) >= 11 is 0. The van der Waals surface area contributed by atoms with Crippen LogP contribution in [0.15, 0.2) is 48.8 Å². The molecule has 3 rings (SSSR count). The first-order valence-electron chi connectivity index (χ1n) is 6.91. The standard InChI is InChI=1S/C17H14N2O3/c1-2-22-15-9-11-5-3-4-6-14(11)19-16(15)12-7-8-18-10-13(12)17(20)21/h3-10H,2H2,1H3,(H,20,21). The molecule has 0 amide bonds. The first-order chi connectivity index (χ1) is 10.7. The lowest BCUT2D eigenvalue weighted by Gasteiger charge is -2.12. The van der Waals surface area contributed by atoms with Crippen LogP contribution in [0.25, 0.3) is 22.2 Å². The average Bonchev–Trinajstić information content (AvgIpc) is 2.54. The van der Waals surface area contributed by atoms with Gasteiger partial charge in [-0.2, -0.15) is 0 Å². The molecule has 1 N–H and O–H groups in total. The van der Waals surface area contributed by atoms with Crippen LogP contribution in [0.3, 0.4) is 0 Å². The van der Waals surface area contributed by atoms with Gasteiger partial charge in [0.1, 0.15) is 11.4 Å². The summed E-state index contributed by atoms with van der Waals surface area (Å²) in [5.41, 5.74) is 1.90. The van der Waals surface area contributed by atoms with Crippen LogP contribution in [-0.4, -0.2) is 27.7 Å². The number of carboxylic acids is 1. The van der Waals surface area contributed by atoms with Crippen molar-refractivity contribution in [2.24, 2.45) is 0 Å². The molecule has 22 heavy (non-hydrogen) atoms. The second-order valence-corrected chi connectivity index (χ2v) is 4.69. The number of carbonyl (C=O) groups is 1. The van der Waals surface area contributed by atoms with Crippen LogP contribution in [0, 0.1) is 0 Å². The van der Waals surface area contributed by atoms with Gasteiger partial charge in [-0.05, 0) is 25.1 Å². The third-order valence-electron chi connectivity index (χ3n) is 3.30. The van der Waals surface area contributed by atoms with E-state index in [2.05, 4.69) is 9.97 Å². The highest BCUT2D eigenvalue weighted by molar-refractivity contribution is 5.97. The quantitative estimate of drug-likeness (QED) is 0.798. The summed E-state index contributed by atoms with van der Waals surface area (Å²) in [6.45, 7) is 2.35. The first-order valence-corrected chi connectivity index (χ1v) is 6.91. The van der Waals surface area contributed by atoms with E-state index in [1.54, 1.807) is 12.3 Å². The maximum absolute atomic E-state index is 11.4. The number of fused-ring (bicyclic) bond motifs is 1. The predicted molar refractivity (Wildman–Crippen MR) is 83.1 cm³/mol. The number of hydrogen-bond donors (Lipinski definition) is 1. The molecule has 2 heterocycles. The van der Waals surface area contributed by atoms with Crippen LogP contribution in [-0.2, 0) is 0 Å². The van der Waals surface area contributed by atoms with Crippen molar-refractivity contribution >= 4 is 16.9 Å². The lowest BCUT2D eigenvalue weighted by molar-refractivity contribution is 0.0697. The van der Waals surface area contributed by atoms with Crippen molar-refractivity contribution in [3.8, 4) is 17.0 Å². The Bertz CT molecular complexity index is 846. The molecule has 0 saturated carbocycles. The SMILES string of the molecule is CCOc1cc2ccccc2nc1-c1ccncc1C(=O)O. The molecule has 110 valence electrons. The van der Waals surface area contributed by atoms with E-state index in [0.717, 1.165) is 10.9 Å². The molecule has 0 fully saturated rings. The predicted octanol–water partition coefficient (Wildman–Crippen LogP) is 3.39. The van der Waals surface area contributed by atoms with Gasteiger partial charge in [0.2, 0.25) is 0 Å². The molecule has 5 nitrogen and oxygen atoms in total. The zero-order chi connectivity index (χ0) is 15.5. The Morgan fingerprint density at radius 3 is 2.86 bits per heavy atom. The largest absolute Gasteiger partial charge is 0.492 e. The molecule has 2 aromatic heterocycles. The second kappa shape index (κ2) is 5.81. The van der Waals surface area contributed by atoms with Crippen LogP contribution in [0.4, 0.5) is 0 Å². The maximum Gasteiger partial charge on any atom is 0.337 e. The normalized spacial score (nSPS) is 10.6. The van der Waals surface area contributed by atoms with E-state index in [1.165, 1.54) is 6.20 Å². The number of para-hydroxylation sites is 1. The van der Waals surface area contributed by atoms with E-state index in [1.807, 2.05) is 37.3 Å². The minimum Gasteiger partial charge on any atom is -0.492 e. The van der Waals surface area contributed by atoms with Gasteiger partial charge < -0.3 is 9.84 Å². The Morgan fingerprint density at radius 2 is 2.09 bits per heavy atom. The van der Waals surface area contributed by atoms with Gasteiger partial charge in [0.15, 0.2) is 0 Å². The van der Waals surface area contributed by atoms with Gasteiger partial charge in [0, 0.05) is 23.3 Å². The summed E-state index contributed by atoms with van der Waals surface area (Å²) in [5.74, 6) is -0.476. The summed E-state index contributed by atoms with van der Waals surface area (Å²) in [4.78, 5) is 19.9. The minimum atomic E-state index is -1.04. The molecule has 5 heteroatoms. The number of aromatic carboxylic acids is 1. The molecule has 3 aromatic rings. The highest BCUT2D eigenvalue weighted by atomic mass is 16.5. The van der Waals surface area contributed by atoms with Gasteiger partial charge in [-0.1, -0.05) is 18.2 Å². The Labute approximate surface area is 127 Å². The molecule has 0 atom stereocenters. The van der Waals surface area contributed by atoms with Crippen LogP contribution in [0.5, 0.6) is 5.75 Å². The van der Waals surface area contributed by atoms with Crippen molar-refractivity contribution < 1.29 is 14.6 Å². The summed E-state index contributed by atoms with van der Waals surface area (Å²) < 4.78 is 5.66. The molecule has 0 aliphatic carbocycles. The topological polar surface area (TPSA) is 72.3 Å². The number of rotatable bonds is 4. The number of aromatic nitrogens is 2. The lowest BCUT2D eigenvalue weighted by atomic mass is 10.0. The fraction of sp³-hybridized carbons (Fsp3) is 0.118. The fourth-order valence-corrected chi connectivity index (χ4v) is 2.33. The number of hydrogen-bond acceptors (Lipinski definition) is 4. The molecule has 0 saturated heterocycles. The first kappa shape index (κ1) is 14.0. The molecular weight excluding hydrogens is 280 g/mol. The summed E-state index contributed by atoms with van der Waals surface area (Å²) in [6.07, 6.45) is 2.87. The molecule has 1 aromatic carbocycles. The van der Waals surface area contributed by atoms with Crippen LogP contribution >= 0.6 is 0 Å². The fourth-order valence-electron chi connectivity index (χ4n) is 2.33. The Hall–Kier alpha value is -2.95. The molecule has 0 bridgehead atoms. The molecule has 0 unspecified atom stereocenters. The van der Waals surface area contributed by atoms with E-state index < -0.39 is 5.97 Å². The molecule has 0 spiro atoms. The zero-order valence-corrected chi connectivity index (χ0v) is 12.0. The number of carboxylic acid groups (broad SMARTS) is 1. The van der Waals surface area contributed by atoms with Gasteiger partial charge in [0.25, 0.3) is 0 Å². The number of benzene rings is 1. The number of ether oxygens (including phenoxy) is 1. The molecule has 0 aliphatic heterocycles. The second-order valence-electron chi connectivity index (χ2n) is 4.69. The van der Waals surface area contributed by atoms with E-state index >= 15 is 0 Å². The number of nitrogens with zero attached hydrogens (tertiary/aromatic N) is 2. The van der Waals surface area contributed by atoms with Gasteiger partial charge in [-0.3, -0.25) is 4.98 Å². The van der Waals surface area contributed by atoms with E-state index in [0.29, 0.717) is 23.6 Å². The van der Waals surface area contributed by atoms with E-state index in [4.69, 9.17) is 4.74 Å². The van der Waals surface area contributed by atoms with Crippen molar-refractivity contribution in [3.05, 3.63) is 54.4 Å². The minimum absolute atomic E-state index is 0.103. The molecular formula is C17H14N2O3. The van der Waals surface area contributed by atoms with Crippen molar-refractivity contribution in [3.63, 3.8) is 0 Å². The van der Waals surface area contributed by atoms with E-state index in [-0.39, 0.29) is 5.56 Å². The van der Waals surface area contributed by atoms with Crippen molar-refractivity contribution in [2.45, 2.75) is 6.92 Å². The highest BCUT2D eigenvalue weighted by Gasteiger charge is 2.17. The van der Waals surface area contributed by atoms with Gasteiger partial charge in [-0.25, -0.2) is 9.78 Å². The van der Waals surface area contributed by atoms with Gasteiger partial charge in [0.05, 0.1) is 17.7 Å². The third-order valence-corrected chi connectivity index (χ3v) is 3.30. The maximum atomic E-state index is 11.4. The van der Waals surface area contributed by atoms with Crippen molar-refractivity contribution in [1.29, 1.82) is 0 Å². The van der Waals surface area contributed by atoms with Crippen LogP contribution in [0.1, 0.15) is 17.3 Å². The van der Waals surface area contributed by atoms with Crippen LogP contribution < -0.4 is 4.74 Å². The Kier molecular flexibility index (Phi) is 3.70. The van der Waals surface area contributed by atoms with Gasteiger partial charge in [-0.15, -0.1) is 0 Å². The van der Waals surface area contributed by atoms with Crippen LogP contribution in [0.2, 0.25) is 0 Å². The number of pyridine rings is 2. The summed E-state index contributed by atoms with van der Waals surface area (Å²) in [5, 5.41) is 10.3. The Balaban J connectivity index is 2.29. The van der Waals surface area contributed by atoms with Crippen molar-refractivity contribution in [2.75, 3.05) is 6.61 Å². The average molecular weight is 294 g/mol. The highest BCUT2D eigenvalue weighted by Crippen LogP contribution is 2.33. The van der Waals surface area contributed by atoms with Gasteiger partial charge >= 0.3 is 5.97 Å². The zero-order valence-electron chi connectivity index (χ0n) is 12.0. The summed E-state index contributed by atoms with van der Waals surface area (Å²) in [6, 6.07) is 11.2.